The van der Waals surface area contributed by atoms with Crippen LogP contribution in [0.15, 0.2) is 77.8 Å². The normalized spacial score (nSPS) is 16.1. The molecule has 0 atom stereocenters. The molecule has 0 saturated heterocycles. The zero-order valence-corrected chi connectivity index (χ0v) is 23.0. The van der Waals surface area contributed by atoms with Gasteiger partial charge in [0.2, 0.25) is 11.9 Å². The molecule has 0 unspecified atom stereocenters. The number of nitrogens with zero attached hydrogens (tertiary/aromatic N) is 2. The first kappa shape index (κ1) is 28.0. The highest BCUT2D eigenvalue weighted by Gasteiger charge is 2.54. The molecule has 1 amide bonds. The molecule has 7 nitrogen and oxygen atoms in total. The number of rotatable bonds is 4. The molecule has 42 heavy (non-hydrogen) atoms. The fourth-order valence-corrected chi connectivity index (χ4v) is 5.72. The fourth-order valence-electron chi connectivity index (χ4n) is 4.97. The van der Waals surface area contributed by atoms with Crippen molar-refractivity contribution in [3.63, 3.8) is 0 Å². The van der Waals surface area contributed by atoms with Crippen LogP contribution in [-0.2, 0) is 16.4 Å². The van der Waals surface area contributed by atoms with Gasteiger partial charge in [-0.25, -0.2) is 9.37 Å². The van der Waals surface area contributed by atoms with Crippen molar-refractivity contribution in [3.8, 4) is 11.1 Å². The molecule has 216 valence electrons. The van der Waals surface area contributed by atoms with E-state index in [-0.39, 0.29) is 24.1 Å². The summed E-state index contributed by atoms with van der Waals surface area (Å²) in [7, 11) is 0. The number of carbonyl (C=O) groups is 1. The highest BCUT2D eigenvalue weighted by molar-refractivity contribution is 7.97. The first-order chi connectivity index (χ1) is 20.2. The summed E-state index contributed by atoms with van der Waals surface area (Å²) in [6, 6.07) is 17.1. The van der Waals surface area contributed by atoms with Crippen molar-refractivity contribution in [3.05, 3.63) is 89.9 Å². The number of hydrogen-bond donors (Lipinski definition) is 4. The Hall–Kier alpha value is -4.16. The Balaban J connectivity index is 1.25. The Morgan fingerprint density at radius 1 is 1.00 bits per heavy atom. The van der Waals surface area contributed by atoms with Crippen molar-refractivity contribution >= 4 is 41.0 Å². The lowest BCUT2D eigenvalue weighted by Crippen LogP contribution is -2.30. The molecule has 6 rings (SSSR count). The number of aromatic nitrogens is 2. The fraction of sp³-hybridized carbons (Fsp3) is 0.233. The van der Waals surface area contributed by atoms with Crippen molar-refractivity contribution in [2.24, 2.45) is 0 Å². The summed E-state index contributed by atoms with van der Waals surface area (Å²) >= 11 is 1.54. The lowest BCUT2D eigenvalue weighted by Gasteiger charge is -2.21. The number of amides is 1. The molecule has 2 heterocycles. The molecule has 2 aliphatic rings. The summed E-state index contributed by atoms with van der Waals surface area (Å²) in [5.74, 6) is -0.515. The second kappa shape index (κ2) is 11.3. The number of halogens is 4. The largest absolute Gasteiger partial charge is 0.416 e. The van der Waals surface area contributed by atoms with Crippen LogP contribution in [0.25, 0.3) is 11.1 Å². The van der Waals surface area contributed by atoms with E-state index in [9.17, 15) is 18.0 Å². The van der Waals surface area contributed by atoms with Crippen molar-refractivity contribution < 1.29 is 22.4 Å². The number of carbonyl (C=O) groups excluding carboxylic acids is 1. The first-order valence-electron chi connectivity index (χ1n) is 13.4. The SMILES string of the molecule is O=C(Nc1ccc(-c2cnc3nc2NCCCNSc2cccc(c2)N3)cc1F)C1(c2ccccc2C(F)(F)F)CC1. The molecule has 1 saturated carbocycles. The van der Waals surface area contributed by atoms with Crippen LogP contribution in [-0.4, -0.2) is 29.0 Å². The Morgan fingerprint density at radius 2 is 1.83 bits per heavy atom. The summed E-state index contributed by atoms with van der Waals surface area (Å²) in [4.78, 5) is 23.3. The van der Waals surface area contributed by atoms with Crippen LogP contribution in [0.4, 0.5) is 40.7 Å². The van der Waals surface area contributed by atoms with Crippen LogP contribution >= 0.6 is 11.9 Å². The summed E-state index contributed by atoms with van der Waals surface area (Å²) < 4.78 is 59.6. The van der Waals surface area contributed by atoms with Crippen LogP contribution in [0.5, 0.6) is 0 Å². The van der Waals surface area contributed by atoms with E-state index in [0.29, 0.717) is 29.4 Å². The molecule has 1 fully saturated rings. The summed E-state index contributed by atoms with van der Waals surface area (Å²) in [6.07, 6.45) is -1.71. The summed E-state index contributed by atoms with van der Waals surface area (Å²) in [6.45, 7) is 1.35. The van der Waals surface area contributed by atoms with Gasteiger partial charge in [0.1, 0.15) is 11.6 Å². The predicted octanol–water partition coefficient (Wildman–Crippen LogP) is 7.13. The standard InChI is InChI=1S/C30H26F4N6OS/c31-24-15-18(9-10-25(24)39-27(41)29(11-12-29)22-7-1-2-8-23(22)30(32,33)34)21-17-36-28-38-19-5-3-6-20(16-19)42-37-14-4-13-35-26(21)40-28/h1-3,5-10,15-17,37H,4,11-14H2,(H,39,41)(H2,35,36,38,40). The van der Waals surface area contributed by atoms with Crippen molar-refractivity contribution in [2.45, 2.75) is 35.7 Å². The van der Waals surface area contributed by atoms with Crippen LogP contribution in [0.1, 0.15) is 30.4 Å². The van der Waals surface area contributed by atoms with Gasteiger partial charge in [0.15, 0.2) is 0 Å². The Labute approximate surface area is 243 Å². The van der Waals surface area contributed by atoms with Crippen LogP contribution in [0, 0.1) is 5.82 Å². The van der Waals surface area contributed by atoms with Gasteiger partial charge in [-0.1, -0.05) is 30.3 Å². The van der Waals surface area contributed by atoms with Gasteiger partial charge < -0.3 is 16.0 Å². The van der Waals surface area contributed by atoms with E-state index in [1.165, 1.54) is 42.3 Å². The highest BCUT2D eigenvalue weighted by atomic mass is 32.2. The molecule has 4 bridgehead atoms. The zero-order chi connectivity index (χ0) is 29.3. The van der Waals surface area contributed by atoms with Gasteiger partial charge in [-0.3, -0.25) is 9.52 Å². The third-order valence-electron chi connectivity index (χ3n) is 7.28. The van der Waals surface area contributed by atoms with Gasteiger partial charge >= 0.3 is 6.18 Å². The van der Waals surface area contributed by atoms with E-state index in [4.69, 9.17) is 0 Å². The average Bonchev–Trinajstić information content (AvgIpc) is 3.78. The third kappa shape index (κ3) is 5.77. The molecule has 4 N–H and O–H groups in total. The maximum Gasteiger partial charge on any atom is 0.416 e. The number of alkyl halides is 3. The van der Waals surface area contributed by atoms with Crippen LogP contribution in [0.3, 0.4) is 0 Å². The van der Waals surface area contributed by atoms with Gasteiger partial charge in [-0.15, -0.1) is 0 Å². The number of hydrogen-bond acceptors (Lipinski definition) is 7. The average molecular weight is 595 g/mol. The molecule has 1 aliphatic heterocycles. The molecule has 0 spiro atoms. The lowest BCUT2D eigenvalue weighted by atomic mass is 9.90. The number of fused-ring (bicyclic) bond motifs is 4. The first-order valence-corrected chi connectivity index (χ1v) is 14.2. The topological polar surface area (TPSA) is 91.0 Å². The van der Waals surface area contributed by atoms with E-state index >= 15 is 4.39 Å². The molecule has 1 aromatic heterocycles. The van der Waals surface area contributed by atoms with Gasteiger partial charge in [0.05, 0.1) is 16.7 Å². The molecule has 4 aromatic rings. The third-order valence-corrected chi connectivity index (χ3v) is 8.12. The molecule has 12 heteroatoms. The zero-order valence-electron chi connectivity index (χ0n) is 22.2. The van der Waals surface area contributed by atoms with Crippen LogP contribution in [0.2, 0.25) is 0 Å². The van der Waals surface area contributed by atoms with Gasteiger partial charge in [0.25, 0.3) is 0 Å². The quantitative estimate of drug-likeness (QED) is 0.148. The van der Waals surface area contributed by atoms with Gasteiger partial charge in [0, 0.05) is 35.4 Å². The minimum atomic E-state index is -4.60. The van der Waals surface area contributed by atoms with Gasteiger partial charge in [-0.2, -0.15) is 18.2 Å². The van der Waals surface area contributed by atoms with E-state index in [1.807, 2.05) is 24.3 Å². The lowest BCUT2D eigenvalue weighted by molar-refractivity contribution is -0.138. The van der Waals surface area contributed by atoms with Crippen molar-refractivity contribution in [2.75, 3.05) is 29.0 Å². The smallest absolute Gasteiger partial charge is 0.369 e. The Kier molecular flexibility index (Phi) is 7.50. The Bertz CT molecular complexity index is 1640. The van der Waals surface area contributed by atoms with E-state index in [1.54, 1.807) is 12.3 Å². The van der Waals surface area contributed by atoms with Crippen LogP contribution < -0.4 is 20.7 Å². The van der Waals surface area contributed by atoms with Crippen molar-refractivity contribution in [1.29, 1.82) is 0 Å². The molecule has 0 radical (unpaired) electrons. The monoisotopic (exact) mass is 594 g/mol. The maximum atomic E-state index is 15.4. The maximum absolute atomic E-state index is 15.4. The van der Waals surface area contributed by atoms with E-state index in [0.717, 1.165) is 29.6 Å². The second-order valence-electron chi connectivity index (χ2n) is 10.2. The summed E-state index contributed by atoms with van der Waals surface area (Å²) in [5.41, 5.74) is -0.560. The predicted molar refractivity (Wildman–Crippen MR) is 155 cm³/mol. The van der Waals surface area contributed by atoms with E-state index in [2.05, 4.69) is 30.6 Å². The number of benzene rings is 3. The minimum absolute atomic E-state index is 0.0931. The number of anilines is 4. The van der Waals surface area contributed by atoms with Crippen molar-refractivity contribution in [1.82, 2.24) is 14.7 Å². The minimum Gasteiger partial charge on any atom is -0.369 e. The molecule has 1 aliphatic carbocycles. The second-order valence-corrected chi connectivity index (χ2v) is 11.1. The highest BCUT2D eigenvalue weighted by Crippen LogP contribution is 2.52. The molecular formula is C30H26F4N6OS. The summed E-state index contributed by atoms with van der Waals surface area (Å²) in [5, 5.41) is 9.02. The molecule has 3 aromatic carbocycles. The Morgan fingerprint density at radius 3 is 2.62 bits per heavy atom. The number of nitrogens with one attached hydrogen (secondary N) is 4. The van der Waals surface area contributed by atoms with Gasteiger partial charge in [-0.05, 0) is 78.7 Å². The molecular weight excluding hydrogens is 568 g/mol. The van der Waals surface area contributed by atoms with E-state index < -0.39 is 28.9 Å².